The summed E-state index contributed by atoms with van der Waals surface area (Å²) < 4.78 is 6.06. The zero-order chi connectivity index (χ0) is 20.3. The number of rotatable bonds is 6. The maximum atomic E-state index is 9.99. The Labute approximate surface area is 172 Å². The predicted octanol–water partition coefficient (Wildman–Crippen LogP) is 3.69. The van der Waals surface area contributed by atoms with Crippen molar-refractivity contribution in [2.75, 3.05) is 38.6 Å². The number of phenols is 1. The van der Waals surface area contributed by atoms with Gasteiger partial charge < -0.3 is 20.5 Å². The van der Waals surface area contributed by atoms with E-state index in [2.05, 4.69) is 27.1 Å². The number of hydrogen-bond acceptors (Lipinski definition) is 5. The van der Waals surface area contributed by atoms with Crippen molar-refractivity contribution >= 4 is 22.5 Å². The van der Waals surface area contributed by atoms with Gasteiger partial charge in [0.15, 0.2) is 0 Å². The average molecular weight is 395 g/mol. The minimum absolute atomic E-state index is 0.192. The fourth-order valence-electron chi connectivity index (χ4n) is 4.66. The predicted molar refractivity (Wildman–Crippen MR) is 118 cm³/mol. The summed E-state index contributed by atoms with van der Waals surface area (Å²) in [5.74, 6) is 0.237. The first-order chi connectivity index (χ1) is 14.1. The van der Waals surface area contributed by atoms with Crippen LogP contribution in [0.1, 0.15) is 25.7 Å². The lowest BCUT2D eigenvalue weighted by Gasteiger charge is -2.31. The Bertz CT molecular complexity index is 914. The van der Waals surface area contributed by atoms with Crippen LogP contribution in [0.2, 0.25) is 0 Å². The molecule has 2 aliphatic rings. The van der Waals surface area contributed by atoms with Gasteiger partial charge >= 0.3 is 0 Å². The van der Waals surface area contributed by atoms with Gasteiger partial charge in [0.1, 0.15) is 12.4 Å². The van der Waals surface area contributed by atoms with Crippen LogP contribution < -0.4 is 10.6 Å². The zero-order valence-electron chi connectivity index (χ0n) is 17.1. The number of amidine groups is 1. The summed E-state index contributed by atoms with van der Waals surface area (Å²) in [7, 11) is 1.73. The van der Waals surface area contributed by atoms with Gasteiger partial charge in [-0.2, -0.15) is 0 Å². The highest BCUT2D eigenvalue weighted by molar-refractivity contribution is 5.95. The van der Waals surface area contributed by atoms with Gasteiger partial charge in [0.2, 0.25) is 0 Å². The Kier molecular flexibility index (Phi) is 5.62. The second-order valence-corrected chi connectivity index (χ2v) is 8.03. The van der Waals surface area contributed by atoms with Gasteiger partial charge in [-0.1, -0.05) is 30.8 Å². The molecule has 29 heavy (non-hydrogen) atoms. The van der Waals surface area contributed by atoms with E-state index in [4.69, 9.17) is 4.74 Å². The van der Waals surface area contributed by atoms with Crippen molar-refractivity contribution in [1.82, 2.24) is 10.2 Å². The van der Waals surface area contributed by atoms with Crippen LogP contribution in [0.15, 0.2) is 53.7 Å². The van der Waals surface area contributed by atoms with Crippen LogP contribution in [0, 0.1) is 0 Å². The molecule has 2 heterocycles. The quantitative estimate of drug-likeness (QED) is 0.515. The number of hydrogen-bond donors (Lipinski definition) is 3. The fraction of sp³-hybridized carbons (Fsp3) is 0.435. The number of ether oxygens (including phenoxy) is 1. The number of anilines is 1. The molecule has 0 saturated carbocycles. The lowest BCUT2D eigenvalue weighted by atomic mass is 9.95. The number of aromatic hydroxyl groups is 1. The fourth-order valence-corrected chi connectivity index (χ4v) is 4.66. The van der Waals surface area contributed by atoms with Gasteiger partial charge in [-0.3, -0.25) is 4.90 Å². The standard InChI is InChI=1S/C23H30N4O2/c1-17(15-25-21-14-19(28)13-18-7-3-4-8-20(18)21)26-22(24-2)29-16-23-9-5-11-27(23)12-6-10-23/h3-4,7-8,13-14,25,28H,1,5-6,9-12,15-16H2,2H3,(H,24,26). The molecule has 0 unspecified atom stereocenters. The Morgan fingerprint density at radius 1 is 1.24 bits per heavy atom. The first kappa shape index (κ1) is 19.6. The molecule has 2 aromatic carbocycles. The Morgan fingerprint density at radius 3 is 2.76 bits per heavy atom. The van der Waals surface area contributed by atoms with Crippen molar-refractivity contribution in [3.63, 3.8) is 0 Å². The molecule has 0 spiro atoms. The number of fused-ring (bicyclic) bond motifs is 2. The number of benzene rings is 2. The third-order valence-corrected chi connectivity index (χ3v) is 6.11. The SMILES string of the molecule is C=C(CNc1cc(O)cc2ccccc12)NC(=NC)OCC12CCCN1CCC2. The summed E-state index contributed by atoms with van der Waals surface area (Å²) in [6, 6.07) is 12.0. The normalized spacial score (nSPS) is 18.6. The molecular formula is C23H30N4O2. The largest absolute Gasteiger partial charge is 0.508 e. The van der Waals surface area contributed by atoms with Gasteiger partial charge in [0.05, 0.1) is 12.1 Å². The monoisotopic (exact) mass is 394 g/mol. The first-order valence-electron chi connectivity index (χ1n) is 10.3. The van der Waals surface area contributed by atoms with E-state index in [1.165, 1.54) is 38.8 Å². The maximum absolute atomic E-state index is 9.99. The second kappa shape index (κ2) is 8.33. The first-order valence-corrected chi connectivity index (χ1v) is 10.3. The van der Waals surface area contributed by atoms with Crippen molar-refractivity contribution in [3.05, 3.63) is 48.7 Å². The van der Waals surface area contributed by atoms with E-state index >= 15 is 0 Å². The Hall–Kier alpha value is -2.73. The molecule has 0 aromatic heterocycles. The topological polar surface area (TPSA) is 69.1 Å². The van der Waals surface area contributed by atoms with Crippen LogP contribution in [0.4, 0.5) is 5.69 Å². The van der Waals surface area contributed by atoms with E-state index in [-0.39, 0.29) is 11.3 Å². The van der Waals surface area contributed by atoms with Crippen LogP contribution in [0.5, 0.6) is 5.75 Å². The Morgan fingerprint density at radius 2 is 2.00 bits per heavy atom. The van der Waals surface area contributed by atoms with Crippen LogP contribution in [0.25, 0.3) is 10.8 Å². The van der Waals surface area contributed by atoms with E-state index in [0.717, 1.165) is 22.2 Å². The van der Waals surface area contributed by atoms with Crippen molar-refractivity contribution in [3.8, 4) is 5.75 Å². The van der Waals surface area contributed by atoms with E-state index in [1.807, 2.05) is 24.3 Å². The molecule has 0 bridgehead atoms. The van der Waals surface area contributed by atoms with Crippen LogP contribution in [-0.4, -0.2) is 54.9 Å². The molecule has 0 aliphatic carbocycles. The van der Waals surface area contributed by atoms with E-state index in [9.17, 15) is 5.11 Å². The van der Waals surface area contributed by atoms with Gasteiger partial charge in [-0.25, -0.2) is 4.99 Å². The minimum atomic E-state index is 0.192. The van der Waals surface area contributed by atoms with Gasteiger partial charge in [-0.05, 0) is 50.2 Å². The van der Waals surface area contributed by atoms with E-state index < -0.39 is 0 Å². The van der Waals surface area contributed by atoms with Crippen LogP contribution >= 0.6 is 0 Å². The van der Waals surface area contributed by atoms with Crippen LogP contribution in [-0.2, 0) is 4.74 Å². The molecule has 3 N–H and O–H groups in total. The molecule has 0 amide bonds. The minimum Gasteiger partial charge on any atom is -0.508 e. The number of phenolic OH excluding ortho intramolecular Hbond substituents is 1. The molecule has 2 aliphatic heterocycles. The highest BCUT2D eigenvalue weighted by atomic mass is 16.5. The molecular weight excluding hydrogens is 364 g/mol. The lowest BCUT2D eigenvalue weighted by molar-refractivity contribution is 0.104. The summed E-state index contributed by atoms with van der Waals surface area (Å²) >= 11 is 0. The number of nitrogens with one attached hydrogen (secondary N) is 2. The average Bonchev–Trinajstić information content (AvgIpc) is 3.29. The zero-order valence-corrected chi connectivity index (χ0v) is 17.1. The molecule has 4 rings (SSSR count). The molecule has 6 nitrogen and oxygen atoms in total. The van der Waals surface area contributed by atoms with Crippen molar-refractivity contribution < 1.29 is 9.84 Å². The van der Waals surface area contributed by atoms with Gasteiger partial charge in [-0.15, -0.1) is 0 Å². The highest BCUT2D eigenvalue weighted by Crippen LogP contribution is 2.38. The highest BCUT2D eigenvalue weighted by Gasteiger charge is 2.45. The smallest absolute Gasteiger partial charge is 0.288 e. The number of aliphatic imine (C=N–C) groups is 1. The molecule has 2 aromatic rings. The van der Waals surface area contributed by atoms with Gasteiger partial charge in [0.25, 0.3) is 6.02 Å². The molecule has 2 saturated heterocycles. The van der Waals surface area contributed by atoms with Crippen molar-refractivity contribution in [1.29, 1.82) is 0 Å². The van der Waals surface area contributed by atoms with Gasteiger partial charge in [0, 0.05) is 29.9 Å². The van der Waals surface area contributed by atoms with E-state index in [1.54, 1.807) is 19.2 Å². The summed E-state index contributed by atoms with van der Waals surface area (Å²) in [4.78, 5) is 6.83. The maximum Gasteiger partial charge on any atom is 0.288 e. The third-order valence-electron chi connectivity index (χ3n) is 6.11. The van der Waals surface area contributed by atoms with Crippen molar-refractivity contribution in [2.24, 2.45) is 4.99 Å². The molecule has 154 valence electrons. The molecule has 2 fully saturated rings. The third kappa shape index (κ3) is 4.17. The molecule has 0 atom stereocenters. The summed E-state index contributed by atoms with van der Waals surface area (Å²) in [6.45, 7) is 7.63. The second-order valence-electron chi connectivity index (χ2n) is 8.03. The van der Waals surface area contributed by atoms with E-state index in [0.29, 0.717) is 19.2 Å². The summed E-state index contributed by atoms with van der Waals surface area (Å²) in [5, 5.41) is 18.6. The molecule has 0 radical (unpaired) electrons. The van der Waals surface area contributed by atoms with Crippen LogP contribution in [0.3, 0.4) is 0 Å². The lowest BCUT2D eigenvalue weighted by Crippen LogP contribution is -2.44. The molecule has 6 heteroatoms. The number of nitrogens with zero attached hydrogens (tertiary/aromatic N) is 2. The van der Waals surface area contributed by atoms with Crippen molar-refractivity contribution in [2.45, 2.75) is 31.2 Å². The Balaban J connectivity index is 1.33. The summed E-state index contributed by atoms with van der Waals surface area (Å²) in [6.07, 6.45) is 4.92. The summed E-state index contributed by atoms with van der Waals surface area (Å²) in [5.41, 5.74) is 1.81.